The summed E-state index contributed by atoms with van der Waals surface area (Å²) < 4.78 is 0. The number of hydrogen-bond acceptors (Lipinski definition) is 1. The second kappa shape index (κ2) is 16.0. The highest BCUT2D eigenvalue weighted by Gasteiger charge is 2.71. The van der Waals surface area contributed by atoms with Gasteiger partial charge in [-0.25, -0.2) is 0 Å². The zero-order valence-corrected chi connectivity index (χ0v) is 38.7. The average Bonchev–Trinajstić information content (AvgIpc) is 3.78. The van der Waals surface area contributed by atoms with E-state index in [1.807, 2.05) is 0 Å². The molecule has 8 saturated carbocycles. The van der Waals surface area contributed by atoms with Gasteiger partial charge < -0.3 is 0 Å². The number of rotatable bonds is 3. The molecule has 330 valence electrons. The molecule has 0 aromatic rings. The van der Waals surface area contributed by atoms with Crippen molar-refractivity contribution in [3.05, 3.63) is 35.5 Å². The summed E-state index contributed by atoms with van der Waals surface area (Å²) in [5.41, 5.74) is 5.03. The first-order valence-corrected chi connectivity index (χ1v) is 28.5. The molecule has 60 heavy (non-hydrogen) atoms. The number of fused-ring (bicyclic) bond motifs is 16. The molecular formula is C59H89N. The molecular weight excluding hydrogens is 723 g/mol. The molecule has 13 aliphatic rings. The van der Waals surface area contributed by atoms with Gasteiger partial charge in [0.2, 0.25) is 0 Å². The highest BCUT2D eigenvalue weighted by molar-refractivity contribution is 5.41. The molecule has 9 fully saturated rings. The quantitative estimate of drug-likeness (QED) is 0.257. The highest BCUT2D eigenvalue weighted by Crippen LogP contribution is 2.79. The van der Waals surface area contributed by atoms with Gasteiger partial charge >= 0.3 is 0 Å². The predicted octanol–water partition coefficient (Wildman–Crippen LogP) is 15.6. The van der Waals surface area contributed by atoms with E-state index in [0.717, 1.165) is 119 Å². The molecule has 12 aliphatic carbocycles. The third-order valence-corrected chi connectivity index (χ3v) is 24.1. The summed E-state index contributed by atoms with van der Waals surface area (Å²) in [6.45, 7) is 2.71. The average molecular weight is 812 g/mol. The summed E-state index contributed by atoms with van der Waals surface area (Å²) in [5.74, 6) is 17.4. The molecule has 1 heterocycles. The Kier molecular flexibility index (Phi) is 10.5. The van der Waals surface area contributed by atoms with E-state index in [4.69, 9.17) is 0 Å². The first-order valence-electron chi connectivity index (χ1n) is 28.5. The van der Waals surface area contributed by atoms with Crippen LogP contribution in [0, 0.1) is 106 Å². The van der Waals surface area contributed by atoms with Gasteiger partial charge in [0.05, 0.1) is 0 Å². The summed E-state index contributed by atoms with van der Waals surface area (Å²) in [6.07, 6.45) is 58.9. The highest BCUT2D eigenvalue weighted by atomic mass is 15.2. The minimum Gasteiger partial charge on any atom is -0.293 e. The van der Waals surface area contributed by atoms with E-state index in [2.05, 4.69) is 47.3 Å². The standard InChI is InChI=1S/C59H89N/c1-37-34-40-16-5-14-29-56(40)60(41-17-3-2-4-18-41)58(37)39-32-30-38(31-33-39)42-25-15-28-54-57(42)48-24-11-13-27-53(48)59(54)52-26-12-10-23-47(52)51-35-49-45-21-8-6-19-43(45)44-20-7-9-22-46(44)50(49)36-55(51)59/h2-3,30,32,37-47,49-52,54-58H,4-29,31,33-36H2,1H3. The Balaban J connectivity index is 0.827. The van der Waals surface area contributed by atoms with E-state index in [1.165, 1.54) is 89.9 Å². The van der Waals surface area contributed by atoms with Crippen molar-refractivity contribution in [1.82, 2.24) is 4.90 Å². The van der Waals surface area contributed by atoms with E-state index in [0.29, 0.717) is 5.41 Å². The van der Waals surface area contributed by atoms with Gasteiger partial charge in [0.15, 0.2) is 0 Å². The number of likely N-dealkylation sites (tertiary alicyclic amines) is 1. The number of allylic oxidation sites excluding steroid dienone is 4. The Labute approximate surface area is 369 Å². The number of nitrogens with zero attached hydrogens (tertiary/aromatic N) is 1. The van der Waals surface area contributed by atoms with Gasteiger partial charge in [0.25, 0.3) is 0 Å². The van der Waals surface area contributed by atoms with Crippen molar-refractivity contribution in [2.75, 3.05) is 0 Å². The van der Waals surface area contributed by atoms with E-state index < -0.39 is 0 Å². The van der Waals surface area contributed by atoms with Gasteiger partial charge in [-0.05, 0) is 242 Å². The van der Waals surface area contributed by atoms with Gasteiger partial charge in [-0.3, -0.25) is 4.90 Å². The smallest absolute Gasteiger partial charge is 0.0190 e. The van der Waals surface area contributed by atoms with Crippen LogP contribution in [0.1, 0.15) is 206 Å². The van der Waals surface area contributed by atoms with Crippen LogP contribution in [0.15, 0.2) is 35.5 Å². The minimum atomic E-state index is 0.622. The van der Waals surface area contributed by atoms with Gasteiger partial charge in [-0.2, -0.15) is 0 Å². The van der Waals surface area contributed by atoms with Crippen molar-refractivity contribution < 1.29 is 0 Å². The monoisotopic (exact) mass is 812 g/mol. The van der Waals surface area contributed by atoms with Crippen molar-refractivity contribution >= 4 is 0 Å². The Morgan fingerprint density at radius 1 is 0.483 bits per heavy atom. The zero-order valence-electron chi connectivity index (χ0n) is 38.7. The summed E-state index contributed by atoms with van der Waals surface area (Å²) in [7, 11) is 0. The minimum absolute atomic E-state index is 0.622. The van der Waals surface area contributed by atoms with Crippen LogP contribution < -0.4 is 0 Å². The lowest BCUT2D eigenvalue weighted by atomic mass is 9.44. The Morgan fingerprint density at radius 2 is 1.13 bits per heavy atom. The number of hydrogen-bond donors (Lipinski definition) is 0. The lowest BCUT2D eigenvalue weighted by molar-refractivity contribution is -0.114. The van der Waals surface area contributed by atoms with Gasteiger partial charge in [-0.1, -0.05) is 100 Å². The van der Waals surface area contributed by atoms with Gasteiger partial charge in [-0.15, -0.1) is 0 Å². The second-order valence-electron chi connectivity index (χ2n) is 25.7. The molecule has 0 aromatic carbocycles. The molecule has 1 heteroatoms. The molecule has 1 nitrogen and oxygen atoms in total. The first-order chi connectivity index (χ1) is 29.7. The maximum atomic E-state index is 3.26. The maximum absolute atomic E-state index is 3.26. The van der Waals surface area contributed by atoms with E-state index in [-0.39, 0.29) is 0 Å². The summed E-state index contributed by atoms with van der Waals surface area (Å²) in [5, 5.41) is 0. The third kappa shape index (κ3) is 5.95. The fourth-order valence-corrected chi connectivity index (χ4v) is 22.8. The summed E-state index contributed by atoms with van der Waals surface area (Å²) in [4.78, 5) is 3.26. The van der Waals surface area contributed by atoms with E-state index >= 15 is 0 Å². The molecule has 0 radical (unpaired) electrons. The van der Waals surface area contributed by atoms with Crippen LogP contribution in [-0.4, -0.2) is 23.0 Å². The molecule has 1 spiro atoms. The van der Waals surface area contributed by atoms with Crippen LogP contribution in [0.2, 0.25) is 0 Å². The Morgan fingerprint density at radius 3 is 1.90 bits per heavy atom. The largest absolute Gasteiger partial charge is 0.293 e. The van der Waals surface area contributed by atoms with Crippen LogP contribution in [0.4, 0.5) is 0 Å². The maximum Gasteiger partial charge on any atom is 0.0190 e. The molecule has 21 unspecified atom stereocenters. The lowest BCUT2D eigenvalue weighted by Gasteiger charge is -2.61. The van der Waals surface area contributed by atoms with E-state index in [1.54, 1.807) is 109 Å². The van der Waals surface area contributed by atoms with Crippen LogP contribution in [0.5, 0.6) is 0 Å². The molecule has 1 saturated heterocycles. The molecule has 0 bridgehead atoms. The molecule has 0 amide bonds. The topological polar surface area (TPSA) is 3.24 Å². The summed E-state index contributed by atoms with van der Waals surface area (Å²) in [6, 6.07) is 2.48. The predicted molar refractivity (Wildman–Crippen MR) is 249 cm³/mol. The van der Waals surface area contributed by atoms with Gasteiger partial charge in [0.1, 0.15) is 0 Å². The van der Waals surface area contributed by atoms with Gasteiger partial charge in [0, 0.05) is 23.5 Å². The SMILES string of the molecule is CC1CC2CCCCC2N(C2CC=CCC2)C1C1C=CC(C2CCCC3C2C2=C(CCCC2)C32C3CCCCC3C3CC4C5CCCCC5C5CCCCC5C4CC32)CC1. The van der Waals surface area contributed by atoms with Crippen LogP contribution >= 0.6 is 0 Å². The van der Waals surface area contributed by atoms with Crippen molar-refractivity contribution in [3.8, 4) is 0 Å². The summed E-state index contributed by atoms with van der Waals surface area (Å²) >= 11 is 0. The molecule has 0 N–H and O–H groups in total. The first kappa shape index (κ1) is 39.5. The molecule has 13 rings (SSSR count). The van der Waals surface area contributed by atoms with Crippen LogP contribution in [0.25, 0.3) is 0 Å². The fraction of sp³-hybridized carbons (Fsp3) is 0.898. The van der Waals surface area contributed by atoms with Crippen molar-refractivity contribution in [2.45, 2.75) is 224 Å². The second-order valence-corrected chi connectivity index (χ2v) is 25.7. The van der Waals surface area contributed by atoms with Crippen molar-refractivity contribution in [2.24, 2.45) is 106 Å². The molecule has 21 atom stereocenters. The molecule has 1 aliphatic heterocycles. The number of piperidine rings is 1. The third-order valence-electron chi connectivity index (χ3n) is 24.1. The van der Waals surface area contributed by atoms with Crippen molar-refractivity contribution in [3.63, 3.8) is 0 Å². The lowest BCUT2D eigenvalue weighted by Crippen LogP contribution is -2.61. The van der Waals surface area contributed by atoms with Crippen LogP contribution in [-0.2, 0) is 0 Å². The van der Waals surface area contributed by atoms with Crippen molar-refractivity contribution in [1.29, 1.82) is 0 Å². The fourth-order valence-electron chi connectivity index (χ4n) is 22.8. The van der Waals surface area contributed by atoms with Crippen LogP contribution in [0.3, 0.4) is 0 Å². The molecule has 0 aromatic heterocycles. The normalized spacial score (nSPS) is 54.8. The zero-order chi connectivity index (χ0) is 39.5. The van der Waals surface area contributed by atoms with E-state index in [9.17, 15) is 0 Å². The Bertz CT molecular complexity index is 1670. The Hall–Kier alpha value is -0.820.